The van der Waals surface area contributed by atoms with Crippen molar-refractivity contribution >= 4 is 17.8 Å². The first-order valence-electron chi connectivity index (χ1n) is 9.99. The Morgan fingerprint density at radius 3 is 2.41 bits per heavy atom. The van der Waals surface area contributed by atoms with Gasteiger partial charge in [-0.15, -0.1) is 0 Å². The molecule has 0 atom stereocenters. The predicted molar refractivity (Wildman–Crippen MR) is 114 cm³/mol. The zero-order valence-corrected chi connectivity index (χ0v) is 17.9. The average molecular weight is 404 g/mol. The van der Waals surface area contributed by atoms with Crippen molar-refractivity contribution in [3.8, 4) is 5.75 Å². The zero-order valence-electron chi connectivity index (χ0n) is 17.9. The number of nitrogens with one attached hydrogen (secondary N) is 2. The molecule has 1 aromatic carbocycles. The Hall–Kier alpha value is -2.77. The van der Waals surface area contributed by atoms with E-state index in [1.165, 1.54) is 0 Å². The van der Waals surface area contributed by atoms with Gasteiger partial charge >= 0.3 is 0 Å². The predicted octanol–water partition coefficient (Wildman–Crippen LogP) is 1.08. The van der Waals surface area contributed by atoms with Gasteiger partial charge in [-0.25, -0.2) is 4.99 Å². The van der Waals surface area contributed by atoms with E-state index in [1.807, 2.05) is 24.3 Å². The lowest BCUT2D eigenvalue weighted by molar-refractivity contribution is -0.127. The Labute approximate surface area is 173 Å². The maximum atomic E-state index is 12.0. The average Bonchev–Trinajstić information content (AvgIpc) is 2.74. The number of hydrogen-bond donors (Lipinski definition) is 2. The molecule has 0 spiro atoms. The monoisotopic (exact) mass is 403 g/mol. The molecule has 1 aliphatic heterocycles. The van der Waals surface area contributed by atoms with E-state index in [0.29, 0.717) is 18.9 Å². The molecule has 1 heterocycles. The number of rotatable bonds is 7. The summed E-state index contributed by atoms with van der Waals surface area (Å²) in [5.74, 6) is 2.01. The van der Waals surface area contributed by atoms with Gasteiger partial charge in [-0.3, -0.25) is 9.59 Å². The standard InChI is InChI=1S/C21H33N5O3/c1-22-19(27)13-16-9-11-26(12-10-16)21(24-15-20(28)25(2)3)23-14-17-5-7-18(29-4)8-6-17/h5-8,16H,9-15H2,1-4H3,(H,22,27)(H,23,24). The molecule has 2 rings (SSSR count). The van der Waals surface area contributed by atoms with Gasteiger partial charge in [0.25, 0.3) is 0 Å². The fraction of sp³-hybridized carbons (Fsp3) is 0.571. The van der Waals surface area contributed by atoms with Crippen LogP contribution in [0, 0.1) is 5.92 Å². The summed E-state index contributed by atoms with van der Waals surface area (Å²) in [7, 11) is 6.79. The van der Waals surface area contributed by atoms with Crippen LogP contribution in [-0.2, 0) is 16.1 Å². The van der Waals surface area contributed by atoms with Crippen LogP contribution in [0.5, 0.6) is 5.75 Å². The quantitative estimate of drug-likeness (QED) is 0.526. The van der Waals surface area contributed by atoms with Crippen LogP contribution >= 0.6 is 0 Å². The molecule has 2 amide bonds. The van der Waals surface area contributed by atoms with Crippen molar-refractivity contribution in [1.29, 1.82) is 0 Å². The van der Waals surface area contributed by atoms with E-state index in [9.17, 15) is 9.59 Å². The van der Waals surface area contributed by atoms with E-state index in [-0.39, 0.29) is 18.4 Å². The summed E-state index contributed by atoms with van der Waals surface area (Å²) < 4.78 is 5.20. The highest BCUT2D eigenvalue weighted by molar-refractivity contribution is 5.86. The minimum atomic E-state index is -0.00310. The molecule has 1 fully saturated rings. The summed E-state index contributed by atoms with van der Waals surface area (Å²) in [6, 6.07) is 7.80. The van der Waals surface area contributed by atoms with Crippen LogP contribution in [0.1, 0.15) is 24.8 Å². The van der Waals surface area contributed by atoms with E-state index >= 15 is 0 Å². The summed E-state index contributed by atoms with van der Waals surface area (Å²) >= 11 is 0. The van der Waals surface area contributed by atoms with Crippen molar-refractivity contribution < 1.29 is 14.3 Å². The van der Waals surface area contributed by atoms with Crippen LogP contribution in [0.2, 0.25) is 0 Å². The van der Waals surface area contributed by atoms with E-state index in [0.717, 1.165) is 43.2 Å². The van der Waals surface area contributed by atoms with Gasteiger partial charge in [0.05, 0.1) is 20.2 Å². The molecule has 0 bridgehead atoms. The summed E-state index contributed by atoms with van der Waals surface area (Å²) in [5, 5.41) is 5.91. The summed E-state index contributed by atoms with van der Waals surface area (Å²) in [6.45, 7) is 2.34. The highest BCUT2D eigenvalue weighted by Crippen LogP contribution is 2.20. The molecule has 29 heavy (non-hydrogen) atoms. The van der Waals surface area contributed by atoms with Crippen LogP contribution < -0.4 is 15.4 Å². The molecule has 0 unspecified atom stereocenters. The van der Waals surface area contributed by atoms with Crippen molar-refractivity contribution in [2.45, 2.75) is 25.8 Å². The third-order valence-corrected chi connectivity index (χ3v) is 5.13. The highest BCUT2D eigenvalue weighted by Gasteiger charge is 2.23. The molecular weight excluding hydrogens is 370 g/mol. The summed E-state index contributed by atoms with van der Waals surface area (Å²) in [5.41, 5.74) is 1.07. The molecule has 2 N–H and O–H groups in total. The maximum absolute atomic E-state index is 12.0. The third kappa shape index (κ3) is 7.29. The Kier molecular flexibility index (Phi) is 8.76. The second-order valence-electron chi connectivity index (χ2n) is 7.44. The molecule has 0 aromatic heterocycles. The fourth-order valence-electron chi connectivity index (χ4n) is 3.19. The van der Waals surface area contributed by atoms with Gasteiger partial charge in [-0.1, -0.05) is 12.1 Å². The maximum Gasteiger partial charge on any atom is 0.241 e. The fourth-order valence-corrected chi connectivity index (χ4v) is 3.19. The first-order chi connectivity index (χ1) is 13.9. The number of carbonyl (C=O) groups is 2. The number of likely N-dealkylation sites (N-methyl/N-ethyl adjacent to an activating group) is 1. The molecule has 1 saturated heterocycles. The molecule has 1 aromatic rings. The number of methoxy groups -OCH3 is 1. The second kappa shape index (κ2) is 11.3. The lowest BCUT2D eigenvalue weighted by atomic mass is 9.93. The topological polar surface area (TPSA) is 86.3 Å². The molecule has 1 aliphatic rings. The number of aliphatic imine (C=N–C) groups is 1. The van der Waals surface area contributed by atoms with Crippen LogP contribution in [0.4, 0.5) is 0 Å². The summed E-state index contributed by atoms with van der Waals surface area (Å²) in [6.07, 6.45) is 2.42. The zero-order chi connectivity index (χ0) is 21.2. The highest BCUT2D eigenvalue weighted by atomic mass is 16.5. The van der Waals surface area contributed by atoms with Crippen molar-refractivity contribution in [3.63, 3.8) is 0 Å². The molecule has 8 heteroatoms. The number of hydrogen-bond acceptors (Lipinski definition) is 4. The molecule has 0 saturated carbocycles. The lowest BCUT2D eigenvalue weighted by Crippen LogP contribution is -2.48. The number of carbonyl (C=O) groups excluding carboxylic acids is 2. The smallest absolute Gasteiger partial charge is 0.241 e. The largest absolute Gasteiger partial charge is 0.497 e. The van der Waals surface area contributed by atoms with Crippen LogP contribution in [-0.4, -0.2) is 75.5 Å². The van der Waals surface area contributed by atoms with Crippen molar-refractivity contribution in [2.24, 2.45) is 10.9 Å². The Balaban J connectivity index is 2.02. The molecule has 8 nitrogen and oxygen atoms in total. The van der Waals surface area contributed by atoms with Crippen molar-refractivity contribution in [3.05, 3.63) is 29.8 Å². The third-order valence-electron chi connectivity index (χ3n) is 5.13. The number of benzene rings is 1. The minimum absolute atomic E-state index is 0.00310. The normalized spacial score (nSPS) is 15.0. The Morgan fingerprint density at radius 2 is 1.86 bits per heavy atom. The van der Waals surface area contributed by atoms with Gasteiger partial charge in [0.1, 0.15) is 5.75 Å². The van der Waals surface area contributed by atoms with Crippen LogP contribution in [0.15, 0.2) is 29.3 Å². The number of ether oxygens (including phenoxy) is 1. The lowest BCUT2D eigenvalue weighted by Gasteiger charge is -2.34. The second-order valence-corrected chi connectivity index (χ2v) is 7.44. The SMILES string of the molecule is CNC(=O)CC1CCN(C(=NCc2ccc(OC)cc2)NCC(=O)N(C)C)CC1. The van der Waals surface area contributed by atoms with E-state index in [1.54, 1.807) is 33.2 Å². The minimum Gasteiger partial charge on any atom is -0.497 e. The number of piperidine rings is 1. The van der Waals surface area contributed by atoms with Gasteiger partial charge < -0.3 is 25.2 Å². The summed E-state index contributed by atoms with van der Waals surface area (Å²) in [4.78, 5) is 32.1. The number of nitrogens with zero attached hydrogens (tertiary/aromatic N) is 3. The molecule has 0 radical (unpaired) electrons. The number of guanidine groups is 1. The van der Waals surface area contributed by atoms with E-state index < -0.39 is 0 Å². The Bertz CT molecular complexity index is 695. The first kappa shape index (κ1) is 22.5. The van der Waals surface area contributed by atoms with Gasteiger partial charge in [0.15, 0.2) is 5.96 Å². The molecule has 160 valence electrons. The van der Waals surface area contributed by atoms with E-state index in [4.69, 9.17) is 9.73 Å². The van der Waals surface area contributed by atoms with Crippen LogP contribution in [0.3, 0.4) is 0 Å². The van der Waals surface area contributed by atoms with Crippen LogP contribution in [0.25, 0.3) is 0 Å². The van der Waals surface area contributed by atoms with Gasteiger partial charge in [-0.05, 0) is 36.5 Å². The van der Waals surface area contributed by atoms with Gasteiger partial charge in [0, 0.05) is 40.7 Å². The first-order valence-corrected chi connectivity index (χ1v) is 9.99. The number of amides is 2. The van der Waals surface area contributed by atoms with Gasteiger partial charge in [-0.2, -0.15) is 0 Å². The molecule has 0 aliphatic carbocycles. The number of likely N-dealkylation sites (tertiary alicyclic amines) is 1. The van der Waals surface area contributed by atoms with Gasteiger partial charge in [0.2, 0.25) is 11.8 Å². The van der Waals surface area contributed by atoms with Crippen molar-refractivity contribution in [2.75, 3.05) is 47.9 Å². The van der Waals surface area contributed by atoms with E-state index in [2.05, 4.69) is 15.5 Å². The van der Waals surface area contributed by atoms with Crippen molar-refractivity contribution in [1.82, 2.24) is 20.4 Å². The Morgan fingerprint density at radius 1 is 1.21 bits per heavy atom. The molecular formula is C21H33N5O3.